The van der Waals surface area contributed by atoms with Crippen LogP contribution < -0.4 is 10.0 Å². The van der Waals surface area contributed by atoms with Gasteiger partial charge >= 0.3 is 5.97 Å². The van der Waals surface area contributed by atoms with Crippen LogP contribution in [-0.2, 0) is 26.7 Å². The van der Waals surface area contributed by atoms with Gasteiger partial charge in [-0.1, -0.05) is 6.42 Å². The summed E-state index contributed by atoms with van der Waals surface area (Å²) < 4.78 is 28.8. The number of sulfonamides is 1. The Balaban J connectivity index is 2.52. The number of amides is 1. The fraction of sp³-hybridized carbons (Fsp3) is 0.667. The SMILES string of the molecule is Cc1nn(C)c(C)c1S(=O)(=O)NC(C)C(=O)NCCCCCC(=O)O. The zero-order chi connectivity index (χ0) is 19.2. The molecule has 0 aliphatic heterocycles. The minimum Gasteiger partial charge on any atom is -0.481 e. The van der Waals surface area contributed by atoms with E-state index in [1.807, 2.05) is 0 Å². The lowest BCUT2D eigenvalue weighted by Crippen LogP contribution is -2.45. The second kappa shape index (κ2) is 8.95. The normalized spacial score (nSPS) is 12.8. The van der Waals surface area contributed by atoms with Crippen LogP contribution in [0.1, 0.15) is 44.0 Å². The third-order valence-electron chi connectivity index (χ3n) is 3.80. The summed E-state index contributed by atoms with van der Waals surface area (Å²) in [6.45, 7) is 5.09. The van der Waals surface area contributed by atoms with Crippen molar-refractivity contribution in [3.8, 4) is 0 Å². The van der Waals surface area contributed by atoms with Crippen molar-refractivity contribution >= 4 is 21.9 Å². The Kier molecular flexibility index (Phi) is 7.56. The summed E-state index contributed by atoms with van der Waals surface area (Å²) in [6, 6.07) is -0.928. The van der Waals surface area contributed by atoms with E-state index in [2.05, 4.69) is 15.1 Å². The maximum atomic E-state index is 12.5. The summed E-state index contributed by atoms with van der Waals surface area (Å²) >= 11 is 0. The Morgan fingerprint density at radius 1 is 1.24 bits per heavy atom. The predicted octanol–water partition coefficient (Wildman–Crippen LogP) is 0.465. The van der Waals surface area contributed by atoms with E-state index in [4.69, 9.17) is 5.11 Å². The van der Waals surface area contributed by atoms with Gasteiger partial charge < -0.3 is 10.4 Å². The molecule has 1 heterocycles. The molecule has 1 unspecified atom stereocenters. The quantitative estimate of drug-likeness (QED) is 0.510. The smallest absolute Gasteiger partial charge is 0.303 e. The molecule has 3 N–H and O–H groups in total. The van der Waals surface area contributed by atoms with E-state index in [-0.39, 0.29) is 11.3 Å². The van der Waals surface area contributed by atoms with Crippen LogP contribution in [0.3, 0.4) is 0 Å². The highest BCUT2D eigenvalue weighted by Gasteiger charge is 2.27. The Morgan fingerprint density at radius 3 is 2.40 bits per heavy atom. The summed E-state index contributed by atoms with van der Waals surface area (Å²) in [4.78, 5) is 22.5. The monoisotopic (exact) mass is 374 g/mol. The molecule has 0 fully saturated rings. The number of aryl methyl sites for hydroxylation is 2. The number of aromatic nitrogens is 2. The topological polar surface area (TPSA) is 130 Å². The standard InChI is InChI=1S/C15H26N4O5S/c1-10-14(12(3)19(4)17-10)25(23,24)18-11(2)15(22)16-9-7-5-6-8-13(20)21/h11,18H,5-9H2,1-4H3,(H,16,22)(H,20,21). The molecule has 1 atom stereocenters. The van der Waals surface area contributed by atoms with Crippen LogP contribution in [0, 0.1) is 13.8 Å². The van der Waals surface area contributed by atoms with E-state index >= 15 is 0 Å². The van der Waals surface area contributed by atoms with E-state index in [1.54, 1.807) is 20.9 Å². The molecule has 142 valence electrons. The van der Waals surface area contributed by atoms with Crippen LogP contribution in [0.15, 0.2) is 4.90 Å². The average molecular weight is 374 g/mol. The lowest BCUT2D eigenvalue weighted by molar-refractivity contribution is -0.137. The van der Waals surface area contributed by atoms with Gasteiger partial charge in [0.15, 0.2) is 0 Å². The third kappa shape index (κ3) is 6.13. The highest BCUT2D eigenvalue weighted by Crippen LogP contribution is 2.18. The van der Waals surface area contributed by atoms with Crippen molar-refractivity contribution in [1.29, 1.82) is 0 Å². The Labute approximate surface area is 147 Å². The maximum absolute atomic E-state index is 12.5. The molecule has 0 aliphatic carbocycles. The number of rotatable bonds is 10. The second-order valence-corrected chi connectivity index (χ2v) is 7.61. The molecule has 0 aliphatic rings. The van der Waals surface area contributed by atoms with E-state index in [9.17, 15) is 18.0 Å². The number of unbranched alkanes of at least 4 members (excludes halogenated alkanes) is 2. The molecule has 0 spiro atoms. The Bertz CT molecular complexity index is 727. The van der Waals surface area contributed by atoms with Crippen molar-refractivity contribution in [3.63, 3.8) is 0 Å². The summed E-state index contributed by atoms with van der Waals surface area (Å²) in [5.41, 5.74) is 0.870. The highest BCUT2D eigenvalue weighted by atomic mass is 32.2. The average Bonchev–Trinajstić information content (AvgIpc) is 2.75. The molecule has 1 aromatic heterocycles. The van der Waals surface area contributed by atoms with Crippen LogP contribution >= 0.6 is 0 Å². The van der Waals surface area contributed by atoms with E-state index in [1.165, 1.54) is 11.6 Å². The van der Waals surface area contributed by atoms with Gasteiger partial charge in [0, 0.05) is 20.0 Å². The van der Waals surface area contributed by atoms with Gasteiger partial charge in [-0.25, -0.2) is 8.42 Å². The summed E-state index contributed by atoms with van der Waals surface area (Å²) in [5.74, 6) is -1.27. The van der Waals surface area contributed by atoms with Crippen molar-refractivity contribution in [3.05, 3.63) is 11.4 Å². The lowest BCUT2D eigenvalue weighted by Gasteiger charge is -2.14. The number of carboxylic acid groups (broad SMARTS) is 1. The van der Waals surface area contributed by atoms with Crippen LogP contribution in [0.4, 0.5) is 0 Å². The first-order chi connectivity index (χ1) is 11.6. The van der Waals surface area contributed by atoms with Crippen molar-refractivity contribution in [2.45, 2.75) is 57.4 Å². The summed E-state index contributed by atoms with van der Waals surface area (Å²) in [6.07, 6.45) is 1.97. The van der Waals surface area contributed by atoms with Gasteiger partial charge in [-0.3, -0.25) is 14.3 Å². The van der Waals surface area contributed by atoms with E-state index in [0.29, 0.717) is 37.2 Å². The van der Waals surface area contributed by atoms with Crippen molar-refractivity contribution < 1.29 is 23.1 Å². The molecule has 0 radical (unpaired) electrons. The fourth-order valence-electron chi connectivity index (χ4n) is 2.43. The van der Waals surface area contributed by atoms with Crippen LogP contribution in [0.5, 0.6) is 0 Å². The first-order valence-electron chi connectivity index (χ1n) is 8.08. The molecule has 10 heteroatoms. The number of carbonyl (C=O) groups is 2. The van der Waals surface area contributed by atoms with E-state index in [0.717, 1.165) is 0 Å². The third-order valence-corrected chi connectivity index (χ3v) is 5.60. The van der Waals surface area contributed by atoms with Gasteiger partial charge in [-0.05, 0) is 33.6 Å². The minimum absolute atomic E-state index is 0.0864. The van der Waals surface area contributed by atoms with Gasteiger partial charge in [0.25, 0.3) is 0 Å². The van der Waals surface area contributed by atoms with Gasteiger partial charge in [0.2, 0.25) is 15.9 Å². The molecule has 1 amide bonds. The lowest BCUT2D eigenvalue weighted by atomic mass is 10.2. The van der Waals surface area contributed by atoms with Crippen molar-refractivity contribution in [2.24, 2.45) is 7.05 Å². The number of nitrogens with one attached hydrogen (secondary N) is 2. The molecular formula is C15H26N4O5S. The van der Waals surface area contributed by atoms with Gasteiger partial charge in [-0.15, -0.1) is 0 Å². The van der Waals surface area contributed by atoms with Crippen LogP contribution in [0.2, 0.25) is 0 Å². The van der Waals surface area contributed by atoms with E-state index < -0.39 is 27.9 Å². The van der Waals surface area contributed by atoms with Crippen LogP contribution in [0.25, 0.3) is 0 Å². The molecule has 1 aromatic rings. The molecule has 0 saturated heterocycles. The molecule has 1 rings (SSSR count). The molecule has 0 saturated carbocycles. The molecule has 0 aromatic carbocycles. The number of hydrogen-bond donors (Lipinski definition) is 3. The largest absolute Gasteiger partial charge is 0.481 e. The fourth-order valence-corrected chi connectivity index (χ4v) is 4.07. The zero-order valence-corrected chi connectivity index (χ0v) is 15.8. The number of aliphatic carboxylic acids is 1. The first-order valence-corrected chi connectivity index (χ1v) is 9.56. The van der Waals surface area contributed by atoms with Crippen molar-refractivity contribution in [2.75, 3.05) is 6.54 Å². The molecule has 0 bridgehead atoms. The summed E-state index contributed by atoms with van der Waals surface area (Å²) in [7, 11) is -2.20. The molecular weight excluding hydrogens is 348 g/mol. The second-order valence-electron chi connectivity index (χ2n) is 5.96. The highest BCUT2D eigenvalue weighted by molar-refractivity contribution is 7.89. The maximum Gasteiger partial charge on any atom is 0.303 e. The molecule has 9 nitrogen and oxygen atoms in total. The van der Waals surface area contributed by atoms with Gasteiger partial charge in [0.1, 0.15) is 4.90 Å². The minimum atomic E-state index is -3.85. The Hall–Kier alpha value is -1.94. The first kappa shape index (κ1) is 21.1. The predicted molar refractivity (Wildman–Crippen MR) is 91.6 cm³/mol. The summed E-state index contributed by atoms with van der Waals surface area (Å²) in [5, 5.41) is 15.3. The number of nitrogens with zero attached hydrogens (tertiary/aromatic N) is 2. The van der Waals surface area contributed by atoms with Gasteiger partial charge in [-0.2, -0.15) is 9.82 Å². The number of carbonyl (C=O) groups excluding carboxylic acids is 1. The van der Waals surface area contributed by atoms with Gasteiger partial charge in [0.05, 0.1) is 17.4 Å². The number of carboxylic acids is 1. The zero-order valence-electron chi connectivity index (χ0n) is 15.0. The Morgan fingerprint density at radius 2 is 1.88 bits per heavy atom. The van der Waals surface area contributed by atoms with Crippen molar-refractivity contribution in [1.82, 2.24) is 19.8 Å². The van der Waals surface area contributed by atoms with Crippen LogP contribution in [-0.4, -0.2) is 47.8 Å². The molecule has 25 heavy (non-hydrogen) atoms. The number of hydrogen-bond acceptors (Lipinski definition) is 5.